The van der Waals surface area contributed by atoms with Gasteiger partial charge in [0.1, 0.15) is 28.8 Å². The number of piperazine rings is 1. The van der Waals surface area contributed by atoms with Gasteiger partial charge in [-0.25, -0.2) is 15.0 Å². The predicted molar refractivity (Wildman–Crippen MR) is 147 cm³/mol. The summed E-state index contributed by atoms with van der Waals surface area (Å²) in [5, 5.41) is 9.35. The number of fused-ring (bicyclic) bond motifs is 1. The fourth-order valence-corrected chi connectivity index (χ4v) is 6.84. The summed E-state index contributed by atoms with van der Waals surface area (Å²) >= 11 is 0. The predicted octanol–water partition coefficient (Wildman–Crippen LogP) is 4.17. The molecule has 216 valence electrons. The Balaban J connectivity index is 0.00000181. The molecule has 0 radical (unpaired) electrons. The van der Waals surface area contributed by atoms with Crippen LogP contribution in [0.25, 0.3) is 0 Å². The number of rotatable bonds is 3. The Bertz CT molecular complexity index is 1380. The lowest BCUT2D eigenvalue weighted by Gasteiger charge is -2.46. The van der Waals surface area contributed by atoms with Crippen molar-refractivity contribution in [2.24, 2.45) is 0 Å². The summed E-state index contributed by atoms with van der Waals surface area (Å²) in [6, 6.07) is 2.68. The van der Waals surface area contributed by atoms with Crippen LogP contribution in [0.3, 0.4) is 0 Å². The topological polar surface area (TPSA) is 106 Å². The second-order valence-electron chi connectivity index (χ2n) is 10.9. The standard InChI is InChI=1S/C25H28F3N7O2S.C2H6/c1-15-12-33(6-7-34(15)22(36)24(4)5-8-38(24)37)20-18-21(32-14-31-20)35(13-23(18,2)3)17-9-16(10-29)19(30-11-17)25(26,27)28;1-2/h9,11,14-15H,5-8,12-13H2,1-4H3;1-2H3/t15?,24-,38?;/m0./s1. The Hall–Kier alpha value is -3.27. The molecule has 0 bridgehead atoms. The molecule has 0 aromatic carbocycles. The molecular weight excluding hydrogens is 543 g/mol. The number of amides is 1. The summed E-state index contributed by atoms with van der Waals surface area (Å²) in [7, 11) is -1.15. The Labute approximate surface area is 234 Å². The first kappa shape index (κ1) is 29.7. The number of hydrogen-bond donors (Lipinski definition) is 0. The molecule has 3 aliphatic heterocycles. The molecule has 2 unspecified atom stereocenters. The summed E-state index contributed by atoms with van der Waals surface area (Å²) < 4.78 is 51.3. The van der Waals surface area contributed by atoms with Crippen molar-refractivity contribution in [1.82, 2.24) is 19.9 Å². The highest BCUT2D eigenvalue weighted by atomic mass is 32.2. The van der Waals surface area contributed by atoms with Crippen molar-refractivity contribution >= 4 is 34.0 Å². The first-order chi connectivity index (χ1) is 18.8. The Morgan fingerprint density at radius 3 is 2.38 bits per heavy atom. The molecule has 5 rings (SSSR count). The fraction of sp³-hybridized carbons (Fsp3) is 0.593. The smallest absolute Gasteiger partial charge is 0.352 e. The highest BCUT2D eigenvalue weighted by Crippen LogP contribution is 2.47. The maximum absolute atomic E-state index is 13.3. The molecule has 2 saturated heterocycles. The highest BCUT2D eigenvalue weighted by molar-refractivity contribution is 7.88. The maximum Gasteiger partial charge on any atom is 0.434 e. The largest absolute Gasteiger partial charge is 0.434 e. The number of nitriles is 1. The van der Waals surface area contributed by atoms with E-state index in [1.165, 1.54) is 12.4 Å². The van der Waals surface area contributed by atoms with Crippen LogP contribution in [0.15, 0.2) is 18.6 Å². The van der Waals surface area contributed by atoms with Gasteiger partial charge in [-0.05, 0) is 26.3 Å². The zero-order valence-electron chi connectivity index (χ0n) is 23.5. The van der Waals surface area contributed by atoms with Crippen LogP contribution in [0.5, 0.6) is 0 Å². The fourth-order valence-electron chi connectivity index (χ4n) is 5.54. The van der Waals surface area contributed by atoms with Crippen LogP contribution >= 0.6 is 0 Å². The molecule has 2 aromatic rings. The minimum atomic E-state index is -4.73. The van der Waals surface area contributed by atoms with Gasteiger partial charge in [0, 0.05) is 59.8 Å². The molecule has 0 spiro atoms. The highest BCUT2D eigenvalue weighted by Gasteiger charge is 2.51. The van der Waals surface area contributed by atoms with Gasteiger partial charge in [0.2, 0.25) is 5.91 Å². The number of aromatic nitrogens is 3. The van der Waals surface area contributed by atoms with Crippen LogP contribution < -0.4 is 9.80 Å². The summed E-state index contributed by atoms with van der Waals surface area (Å²) in [5.74, 6) is 1.74. The number of halogens is 3. The molecule has 0 saturated carbocycles. The minimum absolute atomic E-state index is 0.0724. The van der Waals surface area contributed by atoms with E-state index >= 15 is 0 Å². The molecule has 0 N–H and O–H groups in total. The zero-order chi connectivity index (χ0) is 29.6. The number of hydrogen-bond acceptors (Lipinski definition) is 8. The SMILES string of the molecule is CC.CC1CN(c2ncnc3c2C(C)(C)CN3c2cnc(C(F)(F)F)c(C#N)c2)CCN1C(=O)[C@]1(C)CCS1=O. The first-order valence-corrected chi connectivity index (χ1v) is 14.6. The van der Waals surface area contributed by atoms with Crippen molar-refractivity contribution in [3.05, 3.63) is 35.4 Å². The quantitative estimate of drug-likeness (QED) is 0.535. The molecular formula is C27H34F3N7O2S. The van der Waals surface area contributed by atoms with E-state index in [-0.39, 0.29) is 11.9 Å². The second-order valence-corrected chi connectivity index (χ2v) is 12.9. The zero-order valence-corrected chi connectivity index (χ0v) is 24.4. The van der Waals surface area contributed by atoms with E-state index in [0.717, 1.165) is 11.8 Å². The van der Waals surface area contributed by atoms with Gasteiger partial charge in [-0.1, -0.05) is 27.7 Å². The van der Waals surface area contributed by atoms with Gasteiger partial charge in [0.25, 0.3) is 0 Å². The summed E-state index contributed by atoms with van der Waals surface area (Å²) in [4.78, 5) is 31.5. The Kier molecular flexibility index (Phi) is 7.88. The normalized spacial score (nSPS) is 25.4. The van der Waals surface area contributed by atoms with E-state index in [9.17, 15) is 27.4 Å². The number of carbonyl (C=O) groups is 1. The van der Waals surface area contributed by atoms with Crippen molar-refractivity contribution in [2.45, 2.75) is 70.3 Å². The maximum atomic E-state index is 13.3. The molecule has 1 amide bonds. The second kappa shape index (κ2) is 10.6. The van der Waals surface area contributed by atoms with Crippen molar-refractivity contribution in [3.8, 4) is 6.07 Å². The van der Waals surface area contributed by atoms with Crippen molar-refractivity contribution in [1.29, 1.82) is 5.26 Å². The molecule has 2 aromatic heterocycles. The monoisotopic (exact) mass is 577 g/mol. The molecule has 13 heteroatoms. The van der Waals surface area contributed by atoms with Gasteiger partial charge in [0.15, 0.2) is 5.69 Å². The number of nitrogens with zero attached hydrogens (tertiary/aromatic N) is 7. The summed E-state index contributed by atoms with van der Waals surface area (Å²) in [6.45, 7) is 13.7. The van der Waals surface area contributed by atoms with Gasteiger partial charge in [-0.15, -0.1) is 0 Å². The third-order valence-corrected chi connectivity index (χ3v) is 9.73. The van der Waals surface area contributed by atoms with Gasteiger partial charge >= 0.3 is 6.18 Å². The lowest BCUT2D eigenvalue weighted by atomic mass is 9.87. The van der Waals surface area contributed by atoms with Crippen LogP contribution in [-0.4, -0.2) is 72.7 Å². The average molecular weight is 578 g/mol. The minimum Gasteiger partial charge on any atom is -0.352 e. The molecule has 3 aliphatic rings. The van der Waals surface area contributed by atoms with Gasteiger partial charge in [-0.3, -0.25) is 9.00 Å². The average Bonchev–Trinajstić information content (AvgIpc) is 3.22. The van der Waals surface area contributed by atoms with Crippen LogP contribution in [0.1, 0.15) is 64.8 Å². The molecule has 9 nitrogen and oxygen atoms in total. The van der Waals surface area contributed by atoms with Crippen LogP contribution in [0, 0.1) is 11.3 Å². The van der Waals surface area contributed by atoms with E-state index < -0.39 is 38.4 Å². The van der Waals surface area contributed by atoms with E-state index in [1.54, 1.807) is 17.9 Å². The van der Waals surface area contributed by atoms with Crippen LogP contribution in [0.2, 0.25) is 0 Å². The summed E-state index contributed by atoms with van der Waals surface area (Å²) in [6.07, 6.45) is -1.56. The lowest BCUT2D eigenvalue weighted by Crippen LogP contribution is -2.63. The van der Waals surface area contributed by atoms with Gasteiger partial charge in [-0.2, -0.15) is 18.4 Å². The van der Waals surface area contributed by atoms with Gasteiger partial charge < -0.3 is 14.7 Å². The van der Waals surface area contributed by atoms with Gasteiger partial charge in [0.05, 0.1) is 17.4 Å². The number of carbonyl (C=O) groups excluding carboxylic acids is 1. The molecule has 5 heterocycles. The Morgan fingerprint density at radius 2 is 1.82 bits per heavy atom. The molecule has 40 heavy (non-hydrogen) atoms. The van der Waals surface area contributed by atoms with Crippen molar-refractivity contribution in [3.63, 3.8) is 0 Å². The number of pyridine rings is 1. The third-order valence-electron chi connectivity index (χ3n) is 7.77. The molecule has 0 aliphatic carbocycles. The third kappa shape index (κ3) is 4.91. The van der Waals surface area contributed by atoms with E-state index in [0.29, 0.717) is 55.7 Å². The number of alkyl halides is 3. The molecule has 2 fully saturated rings. The van der Waals surface area contributed by atoms with E-state index in [1.807, 2.05) is 39.5 Å². The van der Waals surface area contributed by atoms with E-state index in [2.05, 4.69) is 19.9 Å². The van der Waals surface area contributed by atoms with E-state index in [4.69, 9.17) is 0 Å². The molecule has 3 atom stereocenters. The number of anilines is 3. The van der Waals surface area contributed by atoms with Crippen molar-refractivity contribution in [2.75, 3.05) is 41.7 Å². The lowest BCUT2D eigenvalue weighted by molar-refractivity contribution is -0.141. The Morgan fingerprint density at radius 1 is 1.15 bits per heavy atom. The van der Waals surface area contributed by atoms with Crippen LogP contribution in [0.4, 0.5) is 30.5 Å². The summed E-state index contributed by atoms with van der Waals surface area (Å²) in [5.41, 5.74) is -1.04. The van der Waals surface area contributed by atoms with Crippen molar-refractivity contribution < 1.29 is 22.2 Å². The first-order valence-electron chi connectivity index (χ1n) is 13.3. The van der Waals surface area contributed by atoms with Crippen LogP contribution in [-0.2, 0) is 27.2 Å².